The van der Waals surface area contributed by atoms with Crippen LogP contribution >= 0.6 is 0 Å². The maximum absolute atomic E-state index is 13.2. The molecule has 2 amide bonds. The van der Waals surface area contributed by atoms with Gasteiger partial charge in [0.25, 0.3) is 11.8 Å². The molecule has 7 rings (SSSR count). The lowest BCUT2D eigenvalue weighted by atomic mass is 10.0. The molecule has 2 aromatic heterocycles. The van der Waals surface area contributed by atoms with Gasteiger partial charge < -0.3 is 19.1 Å². The average Bonchev–Trinajstić information content (AvgIpc) is 3.66. The molecule has 3 aliphatic rings. The molecule has 46 heavy (non-hydrogen) atoms. The molecule has 2 fully saturated rings. The summed E-state index contributed by atoms with van der Waals surface area (Å²) in [6.07, 6.45) is 13.0. The number of hydrogen-bond donors (Lipinski definition) is 0. The Morgan fingerprint density at radius 1 is 0.891 bits per heavy atom. The molecule has 0 unspecified atom stereocenters. The van der Waals surface area contributed by atoms with E-state index in [-0.39, 0.29) is 18.4 Å². The number of carbonyl (C=O) groups is 2. The van der Waals surface area contributed by atoms with Crippen LogP contribution in [-0.4, -0.2) is 77.0 Å². The number of rotatable bonds is 10. The molecule has 0 N–H and O–H groups in total. The monoisotopic (exact) mass is 620 g/mol. The summed E-state index contributed by atoms with van der Waals surface area (Å²) in [4.78, 5) is 39.5. The van der Waals surface area contributed by atoms with Crippen molar-refractivity contribution in [2.75, 3.05) is 45.4 Å². The first-order chi connectivity index (χ1) is 22.5. The standard InChI is InChI=1S/C35H36N6O5/c1-44-27-15-26(16-28(18-27)45-2)40(11-12-41-34(42)29-5-3-4-6-30(29)35(41)43)25-7-8-31-32(17-25)38-33(20-36-31)24-19-37-39(22-24)21-23-9-13-46-14-10-23/h5-8,15-20,22-23H,3-4,9-14,21H2,1-2H3. The number of allylic oxidation sites excluding steroid dienone is 2. The Hall–Kier alpha value is -5.03. The molecule has 4 heterocycles. The predicted molar refractivity (Wildman–Crippen MR) is 173 cm³/mol. The number of amides is 2. The number of nitrogens with zero attached hydrogens (tertiary/aromatic N) is 6. The molecule has 0 bridgehead atoms. The van der Waals surface area contributed by atoms with Crippen LogP contribution in [-0.2, 0) is 20.9 Å². The van der Waals surface area contributed by atoms with Crippen molar-refractivity contribution in [2.45, 2.75) is 32.2 Å². The summed E-state index contributed by atoms with van der Waals surface area (Å²) < 4.78 is 18.6. The lowest BCUT2D eigenvalue weighted by Gasteiger charge is -2.28. The number of ether oxygens (including phenoxy) is 3. The molecule has 2 aliphatic heterocycles. The number of carbonyl (C=O) groups excluding carboxylic acids is 2. The molecule has 0 spiro atoms. The topological polar surface area (TPSA) is 112 Å². The Morgan fingerprint density at radius 2 is 1.61 bits per heavy atom. The van der Waals surface area contributed by atoms with Crippen LogP contribution in [0.5, 0.6) is 11.5 Å². The highest BCUT2D eigenvalue weighted by Gasteiger charge is 2.39. The van der Waals surface area contributed by atoms with Crippen molar-refractivity contribution in [3.63, 3.8) is 0 Å². The van der Waals surface area contributed by atoms with Crippen LogP contribution in [0.15, 0.2) is 78.3 Å². The van der Waals surface area contributed by atoms with E-state index >= 15 is 0 Å². The van der Waals surface area contributed by atoms with Gasteiger partial charge in [-0.3, -0.25) is 24.2 Å². The minimum atomic E-state index is -0.245. The van der Waals surface area contributed by atoms with E-state index in [1.165, 1.54) is 4.90 Å². The maximum Gasteiger partial charge on any atom is 0.261 e. The van der Waals surface area contributed by atoms with Crippen molar-refractivity contribution in [3.8, 4) is 22.8 Å². The van der Waals surface area contributed by atoms with Gasteiger partial charge in [-0.2, -0.15) is 5.10 Å². The fraction of sp³-hybridized carbons (Fsp3) is 0.343. The predicted octanol–water partition coefficient (Wildman–Crippen LogP) is 5.09. The van der Waals surface area contributed by atoms with Crippen molar-refractivity contribution in [3.05, 3.63) is 78.3 Å². The van der Waals surface area contributed by atoms with Crippen LogP contribution in [0.25, 0.3) is 22.3 Å². The highest BCUT2D eigenvalue weighted by Crippen LogP contribution is 2.35. The van der Waals surface area contributed by atoms with Crippen molar-refractivity contribution < 1.29 is 23.8 Å². The summed E-state index contributed by atoms with van der Waals surface area (Å²) in [5.74, 6) is 1.30. The van der Waals surface area contributed by atoms with Gasteiger partial charge in [0.15, 0.2) is 0 Å². The molecule has 1 aliphatic carbocycles. The van der Waals surface area contributed by atoms with Gasteiger partial charge in [-0.1, -0.05) is 12.2 Å². The third-order valence-corrected chi connectivity index (χ3v) is 8.85. The van der Waals surface area contributed by atoms with Crippen LogP contribution < -0.4 is 14.4 Å². The first-order valence-electron chi connectivity index (χ1n) is 15.7. The Morgan fingerprint density at radius 3 is 2.30 bits per heavy atom. The molecule has 2 aromatic carbocycles. The Kier molecular flexibility index (Phi) is 8.23. The first kappa shape index (κ1) is 29.7. The van der Waals surface area contributed by atoms with Gasteiger partial charge in [0.2, 0.25) is 0 Å². The molecule has 0 saturated carbocycles. The Labute approximate surface area is 267 Å². The molecule has 0 atom stereocenters. The zero-order valence-electron chi connectivity index (χ0n) is 26.0. The lowest BCUT2D eigenvalue weighted by Crippen LogP contribution is -2.36. The zero-order valence-corrected chi connectivity index (χ0v) is 26.0. The lowest BCUT2D eigenvalue weighted by molar-refractivity contribution is -0.136. The molecule has 0 radical (unpaired) electrons. The SMILES string of the molecule is COc1cc(OC)cc(N(CCN2C(=O)C3=CCCC=C3C2=O)c2ccc3ncc(-c4cnn(CC5CCOCC5)c4)nc3c2)c1. The van der Waals surface area contributed by atoms with E-state index in [1.54, 1.807) is 26.5 Å². The first-order valence-corrected chi connectivity index (χ1v) is 15.7. The van der Waals surface area contributed by atoms with E-state index in [1.807, 2.05) is 64.5 Å². The van der Waals surface area contributed by atoms with Gasteiger partial charge in [-0.05, 0) is 49.8 Å². The number of aromatic nitrogens is 4. The number of methoxy groups -OCH3 is 2. The van der Waals surface area contributed by atoms with Gasteiger partial charge in [0.05, 0.1) is 43.3 Å². The van der Waals surface area contributed by atoms with E-state index in [0.29, 0.717) is 40.6 Å². The van der Waals surface area contributed by atoms with E-state index in [9.17, 15) is 9.59 Å². The largest absolute Gasteiger partial charge is 0.497 e. The highest BCUT2D eigenvalue weighted by atomic mass is 16.5. The molecule has 11 heteroatoms. The number of benzene rings is 2. The summed E-state index contributed by atoms with van der Waals surface area (Å²) >= 11 is 0. The summed E-state index contributed by atoms with van der Waals surface area (Å²) in [6.45, 7) is 2.99. The van der Waals surface area contributed by atoms with Crippen LogP contribution in [0.1, 0.15) is 25.7 Å². The number of likely N-dealkylation sites (tertiary alicyclic amines) is 1. The van der Waals surface area contributed by atoms with Crippen molar-refractivity contribution in [1.82, 2.24) is 24.6 Å². The number of fused-ring (bicyclic) bond motifs is 2. The molecule has 11 nitrogen and oxygen atoms in total. The minimum absolute atomic E-state index is 0.196. The van der Waals surface area contributed by atoms with Gasteiger partial charge in [-0.25, -0.2) is 4.98 Å². The maximum atomic E-state index is 13.2. The average molecular weight is 621 g/mol. The number of hydrogen-bond acceptors (Lipinski definition) is 9. The van der Waals surface area contributed by atoms with Gasteiger partial charge >= 0.3 is 0 Å². The fourth-order valence-electron chi connectivity index (χ4n) is 6.32. The summed E-state index contributed by atoms with van der Waals surface area (Å²) in [6, 6.07) is 11.5. The van der Waals surface area contributed by atoms with Crippen LogP contribution in [0.4, 0.5) is 11.4 Å². The molecular weight excluding hydrogens is 584 g/mol. The Balaban J connectivity index is 1.20. The van der Waals surface area contributed by atoms with Gasteiger partial charge in [0, 0.05) is 85.3 Å². The van der Waals surface area contributed by atoms with Crippen LogP contribution in [0, 0.1) is 5.92 Å². The van der Waals surface area contributed by atoms with E-state index < -0.39 is 0 Å². The van der Waals surface area contributed by atoms with E-state index in [4.69, 9.17) is 24.2 Å². The van der Waals surface area contributed by atoms with Crippen molar-refractivity contribution >= 4 is 34.2 Å². The van der Waals surface area contributed by atoms with Crippen molar-refractivity contribution in [1.29, 1.82) is 0 Å². The van der Waals surface area contributed by atoms with Crippen LogP contribution in [0.2, 0.25) is 0 Å². The van der Waals surface area contributed by atoms with Gasteiger partial charge in [-0.15, -0.1) is 0 Å². The summed E-state index contributed by atoms with van der Waals surface area (Å²) in [5, 5.41) is 4.59. The minimum Gasteiger partial charge on any atom is -0.497 e. The number of anilines is 2. The molecule has 4 aromatic rings. The van der Waals surface area contributed by atoms with E-state index in [0.717, 1.165) is 73.6 Å². The normalized spacial score (nSPS) is 16.8. The second-order valence-corrected chi connectivity index (χ2v) is 11.7. The second kappa shape index (κ2) is 12.8. The zero-order chi connectivity index (χ0) is 31.6. The fourth-order valence-corrected chi connectivity index (χ4v) is 6.32. The second-order valence-electron chi connectivity index (χ2n) is 11.7. The van der Waals surface area contributed by atoms with Crippen molar-refractivity contribution in [2.24, 2.45) is 5.92 Å². The Bertz CT molecular complexity index is 1800. The smallest absolute Gasteiger partial charge is 0.261 e. The highest BCUT2D eigenvalue weighted by molar-refractivity contribution is 6.24. The van der Waals surface area contributed by atoms with E-state index in [2.05, 4.69) is 5.10 Å². The number of imide groups is 1. The molecular formula is C35H36N6O5. The quantitative estimate of drug-likeness (QED) is 0.224. The summed E-state index contributed by atoms with van der Waals surface area (Å²) in [5.41, 5.74) is 5.71. The third-order valence-electron chi connectivity index (χ3n) is 8.85. The molecule has 2 saturated heterocycles. The van der Waals surface area contributed by atoms with Crippen LogP contribution in [0.3, 0.4) is 0 Å². The third kappa shape index (κ3) is 5.85. The molecule has 236 valence electrons. The van der Waals surface area contributed by atoms with Gasteiger partial charge in [0.1, 0.15) is 11.5 Å². The summed E-state index contributed by atoms with van der Waals surface area (Å²) in [7, 11) is 3.21.